The molecule has 1 aliphatic rings. The fourth-order valence-electron chi connectivity index (χ4n) is 2.92. The molecule has 3 N–H and O–H groups in total. The summed E-state index contributed by atoms with van der Waals surface area (Å²) in [6, 6.07) is 10.3. The molecule has 0 bridgehead atoms. The molecule has 1 unspecified atom stereocenters. The van der Waals surface area contributed by atoms with Gasteiger partial charge in [-0.05, 0) is 53.2 Å². The molecule has 0 saturated carbocycles. The van der Waals surface area contributed by atoms with Crippen LogP contribution in [0.4, 0.5) is 0 Å². The van der Waals surface area contributed by atoms with Gasteiger partial charge >= 0.3 is 0 Å². The van der Waals surface area contributed by atoms with Gasteiger partial charge in [0.15, 0.2) is 0 Å². The van der Waals surface area contributed by atoms with Crippen LogP contribution in [-0.4, -0.2) is 18.2 Å². The molecule has 0 amide bonds. The number of hydrogen-bond donors (Lipinski definition) is 2. The summed E-state index contributed by atoms with van der Waals surface area (Å²) in [5, 5.41) is 1.13. The average Bonchev–Trinajstić information content (AvgIpc) is 2.53. The van der Waals surface area contributed by atoms with Crippen molar-refractivity contribution in [1.29, 1.82) is 0 Å². The predicted octanol–water partition coefficient (Wildman–Crippen LogP) is 3.32. The molecule has 1 fully saturated rings. The highest BCUT2D eigenvalue weighted by Gasteiger charge is 2.22. The first kappa shape index (κ1) is 14.9. The van der Waals surface area contributed by atoms with Gasteiger partial charge in [0.2, 0.25) is 0 Å². The first-order chi connectivity index (χ1) is 10.3. The number of ether oxygens (including phenoxy) is 1. The molecular formula is C16H20BrN3O. The van der Waals surface area contributed by atoms with E-state index in [-0.39, 0.29) is 6.04 Å². The van der Waals surface area contributed by atoms with E-state index >= 15 is 0 Å². The highest BCUT2D eigenvalue weighted by atomic mass is 79.9. The Balaban J connectivity index is 1.86. The SMILES string of the molecule is NNC(CC1CCOCC1)c1nc2ccccc2cc1Br. The van der Waals surface area contributed by atoms with Gasteiger partial charge in [0, 0.05) is 23.1 Å². The minimum Gasteiger partial charge on any atom is -0.381 e. The van der Waals surface area contributed by atoms with Gasteiger partial charge in [-0.25, -0.2) is 4.98 Å². The standard InChI is InChI=1S/C16H20BrN3O/c17-13-10-12-3-1-2-4-14(12)19-16(13)15(20-18)9-11-5-7-21-8-6-11/h1-4,10-11,15,20H,5-9,18H2. The minimum absolute atomic E-state index is 0.0621. The van der Waals surface area contributed by atoms with Gasteiger partial charge in [-0.15, -0.1) is 0 Å². The second kappa shape index (κ2) is 6.83. The van der Waals surface area contributed by atoms with Crippen molar-refractivity contribution in [2.24, 2.45) is 11.8 Å². The summed E-state index contributed by atoms with van der Waals surface area (Å²) >= 11 is 3.64. The number of nitrogens with one attached hydrogen (secondary N) is 1. The van der Waals surface area contributed by atoms with E-state index in [0.29, 0.717) is 5.92 Å². The van der Waals surface area contributed by atoms with Crippen molar-refractivity contribution >= 4 is 26.8 Å². The third kappa shape index (κ3) is 3.43. The van der Waals surface area contributed by atoms with Gasteiger partial charge in [-0.1, -0.05) is 18.2 Å². The van der Waals surface area contributed by atoms with E-state index in [2.05, 4.69) is 33.5 Å². The van der Waals surface area contributed by atoms with Gasteiger partial charge in [0.1, 0.15) is 0 Å². The van der Waals surface area contributed by atoms with E-state index in [0.717, 1.165) is 53.5 Å². The molecule has 3 rings (SSSR count). The van der Waals surface area contributed by atoms with E-state index in [1.165, 1.54) is 0 Å². The number of nitrogens with zero attached hydrogens (tertiary/aromatic N) is 1. The van der Waals surface area contributed by atoms with E-state index in [1.807, 2.05) is 18.2 Å². The zero-order valence-corrected chi connectivity index (χ0v) is 13.5. The molecule has 2 heterocycles. The number of benzene rings is 1. The van der Waals surface area contributed by atoms with Gasteiger partial charge in [0.25, 0.3) is 0 Å². The van der Waals surface area contributed by atoms with E-state index < -0.39 is 0 Å². The summed E-state index contributed by atoms with van der Waals surface area (Å²) in [4.78, 5) is 4.79. The molecule has 5 heteroatoms. The lowest BCUT2D eigenvalue weighted by molar-refractivity contribution is 0.0603. The summed E-state index contributed by atoms with van der Waals surface area (Å²) in [6.07, 6.45) is 3.19. The first-order valence-corrected chi connectivity index (χ1v) is 8.16. The Kier molecular flexibility index (Phi) is 4.85. The highest BCUT2D eigenvalue weighted by molar-refractivity contribution is 9.10. The Labute approximate surface area is 133 Å². The van der Waals surface area contributed by atoms with Crippen molar-refractivity contribution in [3.05, 3.63) is 40.5 Å². The molecule has 1 aromatic heterocycles. The van der Waals surface area contributed by atoms with Crippen molar-refractivity contribution in [3.8, 4) is 0 Å². The zero-order valence-electron chi connectivity index (χ0n) is 11.9. The van der Waals surface area contributed by atoms with Gasteiger partial charge < -0.3 is 4.74 Å². The molecule has 2 aromatic rings. The molecule has 1 saturated heterocycles. The molecular weight excluding hydrogens is 330 g/mol. The van der Waals surface area contributed by atoms with Crippen LogP contribution in [0.5, 0.6) is 0 Å². The summed E-state index contributed by atoms with van der Waals surface area (Å²) in [5.74, 6) is 6.43. The van der Waals surface area contributed by atoms with Crippen LogP contribution in [0.3, 0.4) is 0 Å². The fraction of sp³-hybridized carbons (Fsp3) is 0.438. The number of nitrogens with two attached hydrogens (primary N) is 1. The van der Waals surface area contributed by atoms with E-state index in [4.69, 9.17) is 15.6 Å². The number of rotatable bonds is 4. The molecule has 21 heavy (non-hydrogen) atoms. The van der Waals surface area contributed by atoms with Gasteiger partial charge in [0.05, 0.1) is 17.3 Å². The zero-order chi connectivity index (χ0) is 14.7. The molecule has 0 spiro atoms. The van der Waals surface area contributed by atoms with Crippen LogP contribution in [0.1, 0.15) is 31.0 Å². The van der Waals surface area contributed by atoms with Crippen molar-refractivity contribution in [2.45, 2.75) is 25.3 Å². The molecule has 112 valence electrons. The Morgan fingerprint density at radius 3 is 2.86 bits per heavy atom. The maximum Gasteiger partial charge on any atom is 0.0736 e. The number of hydrazine groups is 1. The van der Waals surface area contributed by atoms with Crippen LogP contribution in [0.25, 0.3) is 10.9 Å². The van der Waals surface area contributed by atoms with Crippen LogP contribution >= 0.6 is 15.9 Å². The van der Waals surface area contributed by atoms with Crippen molar-refractivity contribution < 1.29 is 4.74 Å². The number of hydrogen-bond acceptors (Lipinski definition) is 4. The monoisotopic (exact) mass is 349 g/mol. The average molecular weight is 350 g/mol. The summed E-state index contributed by atoms with van der Waals surface area (Å²) in [7, 11) is 0. The van der Waals surface area contributed by atoms with Crippen molar-refractivity contribution in [1.82, 2.24) is 10.4 Å². The van der Waals surface area contributed by atoms with Crippen molar-refractivity contribution in [3.63, 3.8) is 0 Å². The lowest BCUT2D eigenvalue weighted by Gasteiger charge is -2.26. The second-order valence-electron chi connectivity index (χ2n) is 5.56. The predicted molar refractivity (Wildman–Crippen MR) is 87.7 cm³/mol. The number of pyridine rings is 1. The normalized spacial score (nSPS) is 18.0. The molecule has 1 aliphatic heterocycles. The van der Waals surface area contributed by atoms with Crippen LogP contribution in [0.15, 0.2) is 34.8 Å². The molecule has 0 aliphatic carbocycles. The van der Waals surface area contributed by atoms with Crippen molar-refractivity contribution in [2.75, 3.05) is 13.2 Å². The maximum atomic E-state index is 5.79. The number of aromatic nitrogens is 1. The number of fused-ring (bicyclic) bond motifs is 1. The topological polar surface area (TPSA) is 60.2 Å². The number of para-hydroxylation sites is 1. The van der Waals surface area contributed by atoms with E-state index in [9.17, 15) is 0 Å². The molecule has 1 aromatic carbocycles. The second-order valence-corrected chi connectivity index (χ2v) is 6.41. The Bertz CT molecular complexity index is 613. The lowest BCUT2D eigenvalue weighted by atomic mass is 9.91. The van der Waals surface area contributed by atoms with Crippen LogP contribution in [0.2, 0.25) is 0 Å². The molecule has 1 atom stereocenters. The Morgan fingerprint density at radius 1 is 1.33 bits per heavy atom. The largest absolute Gasteiger partial charge is 0.381 e. The molecule has 4 nitrogen and oxygen atoms in total. The van der Waals surface area contributed by atoms with E-state index in [1.54, 1.807) is 0 Å². The number of halogens is 1. The Morgan fingerprint density at radius 2 is 2.10 bits per heavy atom. The maximum absolute atomic E-state index is 5.79. The van der Waals surface area contributed by atoms with Crippen LogP contribution < -0.4 is 11.3 Å². The minimum atomic E-state index is 0.0621. The fourth-order valence-corrected chi connectivity index (χ4v) is 3.54. The van der Waals surface area contributed by atoms with Crippen LogP contribution in [0, 0.1) is 5.92 Å². The smallest absolute Gasteiger partial charge is 0.0736 e. The summed E-state index contributed by atoms with van der Waals surface area (Å²) in [6.45, 7) is 1.71. The third-order valence-electron chi connectivity index (χ3n) is 4.15. The van der Waals surface area contributed by atoms with Gasteiger partial charge in [-0.2, -0.15) is 0 Å². The van der Waals surface area contributed by atoms with Crippen LogP contribution in [-0.2, 0) is 4.74 Å². The quantitative estimate of drug-likeness (QED) is 0.656. The third-order valence-corrected chi connectivity index (χ3v) is 4.78. The Hall–Kier alpha value is -1.01. The highest BCUT2D eigenvalue weighted by Crippen LogP contribution is 2.31. The molecule has 0 radical (unpaired) electrons. The summed E-state index contributed by atoms with van der Waals surface area (Å²) < 4.78 is 6.44. The first-order valence-electron chi connectivity index (χ1n) is 7.37. The lowest BCUT2D eigenvalue weighted by Crippen LogP contribution is -2.32. The summed E-state index contributed by atoms with van der Waals surface area (Å²) in [5.41, 5.74) is 4.93. The van der Waals surface area contributed by atoms with Gasteiger partial charge in [-0.3, -0.25) is 11.3 Å².